The van der Waals surface area contributed by atoms with Crippen molar-refractivity contribution in [3.05, 3.63) is 48.2 Å². The average Bonchev–Trinajstić information content (AvgIpc) is 2.28. The molecular formula is C11H13BrO3. The Bertz CT molecular complexity index is 296. The van der Waals surface area contributed by atoms with Crippen molar-refractivity contribution in [2.24, 2.45) is 0 Å². The number of alkyl halides is 1. The molecule has 0 bridgehead atoms. The van der Waals surface area contributed by atoms with E-state index in [0.29, 0.717) is 0 Å². The van der Waals surface area contributed by atoms with Gasteiger partial charge in [-0.15, -0.1) is 0 Å². The minimum absolute atomic E-state index is 0.917. The predicted molar refractivity (Wildman–Crippen MR) is 62.9 cm³/mol. The van der Waals surface area contributed by atoms with Crippen molar-refractivity contribution in [3.63, 3.8) is 0 Å². The lowest BCUT2D eigenvalue weighted by Crippen LogP contribution is -1.85. The van der Waals surface area contributed by atoms with Crippen LogP contribution < -0.4 is 0 Å². The third-order valence-corrected chi connectivity index (χ3v) is 1.99. The van der Waals surface area contributed by atoms with Gasteiger partial charge in [0.05, 0.1) is 19.4 Å². The highest BCUT2D eigenvalue weighted by atomic mass is 79.9. The molecule has 0 fully saturated rings. The van der Waals surface area contributed by atoms with Gasteiger partial charge in [0.2, 0.25) is 0 Å². The summed E-state index contributed by atoms with van der Waals surface area (Å²) in [6.07, 6.45) is 2.02. The Morgan fingerprint density at radius 3 is 2.33 bits per heavy atom. The van der Waals surface area contributed by atoms with Crippen LogP contribution in [0.4, 0.5) is 0 Å². The first-order valence-electron chi connectivity index (χ1n) is 4.23. The second-order valence-corrected chi connectivity index (χ2v) is 3.06. The SMILES string of the molecule is BrCc1ccccc1.COC=CC(=O)O. The van der Waals surface area contributed by atoms with Crippen molar-refractivity contribution >= 4 is 21.9 Å². The van der Waals surface area contributed by atoms with Crippen LogP contribution in [0, 0.1) is 0 Å². The van der Waals surface area contributed by atoms with Crippen LogP contribution in [0.2, 0.25) is 0 Å². The molecule has 0 aliphatic rings. The van der Waals surface area contributed by atoms with Crippen molar-refractivity contribution in [3.8, 4) is 0 Å². The van der Waals surface area contributed by atoms with Crippen molar-refractivity contribution in [2.75, 3.05) is 7.11 Å². The van der Waals surface area contributed by atoms with Gasteiger partial charge in [-0.3, -0.25) is 0 Å². The van der Waals surface area contributed by atoms with Gasteiger partial charge in [0.25, 0.3) is 0 Å². The molecule has 1 aromatic rings. The van der Waals surface area contributed by atoms with Crippen molar-refractivity contribution in [1.29, 1.82) is 0 Å². The van der Waals surface area contributed by atoms with E-state index in [0.717, 1.165) is 17.7 Å². The van der Waals surface area contributed by atoms with Crippen molar-refractivity contribution < 1.29 is 14.6 Å². The average molecular weight is 273 g/mol. The van der Waals surface area contributed by atoms with E-state index in [1.165, 1.54) is 12.7 Å². The van der Waals surface area contributed by atoms with Crippen molar-refractivity contribution in [1.82, 2.24) is 0 Å². The van der Waals surface area contributed by atoms with Gasteiger partial charge in [0.15, 0.2) is 0 Å². The van der Waals surface area contributed by atoms with E-state index in [4.69, 9.17) is 5.11 Å². The van der Waals surface area contributed by atoms with Gasteiger partial charge in [-0.05, 0) is 5.56 Å². The quantitative estimate of drug-likeness (QED) is 0.523. The highest BCUT2D eigenvalue weighted by Gasteiger charge is 1.81. The number of aliphatic carboxylic acids is 1. The molecule has 0 spiro atoms. The fraction of sp³-hybridized carbons (Fsp3) is 0.182. The predicted octanol–water partition coefficient (Wildman–Crippen LogP) is 2.81. The number of benzene rings is 1. The minimum Gasteiger partial charge on any atom is -0.504 e. The third kappa shape index (κ3) is 9.02. The molecule has 0 aliphatic heterocycles. The van der Waals surface area contributed by atoms with E-state index in [-0.39, 0.29) is 0 Å². The van der Waals surface area contributed by atoms with Gasteiger partial charge < -0.3 is 9.84 Å². The summed E-state index contributed by atoms with van der Waals surface area (Å²) in [5.74, 6) is -0.998. The Morgan fingerprint density at radius 1 is 1.47 bits per heavy atom. The summed E-state index contributed by atoms with van der Waals surface area (Å²) < 4.78 is 4.29. The molecule has 3 nitrogen and oxygen atoms in total. The van der Waals surface area contributed by atoms with Crippen LogP contribution in [-0.4, -0.2) is 18.2 Å². The van der Waals surface area contributed by atoms with Gasteiger partial charge in [-0.2, -0.15) is 0 Å². The van der Waals surface area contributed by atoms with Crippen LogP contribution in [-0.2, 0) is 14.9 Å². The minimum atomic E-state index is -0.998. The van der Waals surface area contributed by atoms with Gasteiger partial charge in [0.1, 0.15) is 0 Å². The number of rotatable bonds is 3. The van der Waals surface area contributed by atoms with Crippen LogP contribution >= 0.6 is 15.9 Å². The summed E-state index contributed by atoms with van der Waals surface area (Å²) in [6.45, 7) is 0. The normalized spacial score (nSPS) is 9.20. The van der Waals surface area contributed by atoms with Gasteiger partial charge in [0, 0.05) is 5.33 Å². The zero-order valence-corrected chi connectivity index (χ0v) is 9.98. The summed E-state index contributed by atoms with van der Waals surface area (Å²) in [7, 11) is 1.39. The van der Waals surface area contributed by atoms with Gasteiger partial charge in [-0.1, -0.05) is 46.3 Å². The zero-order valence-electron chi connectivity index (χ0n) is 8.39. The molecule has 1 aromatic carbocycles. The topological polar surface area (TPSA) is 46.5 Å². The fourth-order valence-corrected chi connectivity index (χ4v) is 1.07. The monoisotopic (exact) mass is 272 g/mol. The number of halogens is 1. The molecule has 15 heavy (non-hydrogen) atoms. The Balaban J connectivity index is 0.000000265. The largest absolute Gasteiger partial charge is 0.504 e. The maximum absolute atomic E-state index is 9.59. The molecule has 1 rings (SSSR count). The molecule has 0 aromatic heterocycles. The van der Waals surface area contributed by atoms with Crippen LogP contribution in [0.1, 0.15) is 5.56 Å². The highest BCUT2D eigenvalue weighted by Crippen LogP contribution is 2.02. The number of methoxy groups -OCH3 is 1. The number of hydrogen-bond donors (Lipinski definition) is 1. The molecule has 1 N–H and O–H groups in total. The van der Waals surface area contributed by atoms with Crippen LogP contribution in [0.5, 0.6) is 0 Å². The summed E-state index contributed by atoms with van der Waals surface area (Å²) in [4.78, 5) is 9.59. The van der Waals surface area contributed by atoms with Crippen molar-refractivity contribution in [2.45, 2.75) is 5.33 Å². The van der Waals surface area contributed by atoms with E-state index in [9.17, 15) is 4.79 Å². The van der Waals surface area contributed by atoms with Gasteiger partial charge >= 0.3 is 5.97 Å². The van der Waals surface area contributed by atoms with E-state index in [1.54, 1.807) is 0 Å². The zero-order chi connectivity index (χ0) is 11.5. The van der Waals surface area contributed by atoms with Crippen LogP contribution in [0.15, 0.2) is 42.7 Å². The summed E-state index contributed by atoms with van der Waals surface area (Å²) >= 11 is 3.36. The smallest absolute Gasteiger partial charge is 0.331 e. The Morgan fingerprint density at radius 2 is 2.07 bits per heavy atom. The fourth-order valence-electron chi connectivity index (χ4n) is 0.693. The Hall–Kier alpha value is -1.29. The summed E-state index contributed by atoms with van der Waals surface area (Å²) in [5, 5.41) is 8.83. The Kier molecular flexibility index (Phi) is 8.47. The van der Waals surface area contributed by atoms with E-state index >= 15 is 0 Å². The molecule has 0 amide bonds. The molecule has 0 heterocycles. The number of carboxylic acids is 1. The van der Waals surface area contributed by atoms with E-state index < -0.39 is 5.97 Å². The number of carbonyl (C=O) groups is 1. The summed E-state index contributed by atoms with van der Waals surface area (Å²) in [5.41, 5.74) is 1.33. The van der Waals surface area contributed by atoms with E-state index in [1.807, 2.05) is 18.2 Å². The molecule has 0 radical (unpaired) electrons. The first-order chi connectivity index (χ1) is 7.20. The first-order valence-corrected chi connectivity index (χ1v) is 5.35. The standard InChI is InChI=1S/C7H7Br.C4H6O3/c8-6-7-4-2-1-3-5-7;1-7-3-2-4(5)6/h1-5H,6H2;2-3H,1H3,(H,5,6). The maximum atomic E-state index is 9.59. The lowest BCUT2D eigenvalue weighted by molar-refractivity contribution is -0.131. The second-order valence-electron chi connectivity index (χ2n) is 2.50. The summed E-state index contributed by atoms with van der Waals surface area (Å²) in [6, 6.07) is 10.3. The third-order valence-electron chi connectivity index (χ3n) is 1.34. The molecule has 0 saturated carbocycles. The lowest BCUT2D eigenvalue weighted by Gasteiger charge is -1.88. The lowest BCUT2D eigenvalue weighted by atomic mass is 10.2. The molecule has 0 unspecified atom stereocenters. The number of ether oxygens (including phenoxy) is 1. The molecule has 0 aliphatic carbocycles. The highest BCUT2D eigenvalue weighted by molar-refractivity contribution is 9.08. The molecule has 82 valence electrons. The number of carboxylic acid groups (broad SMARTS) is 1. The van der Waals surface area contributed by atoms with Crippen LogP contribution in [0.25, 0.3) is 0 Å². The molecule has 4 heteroatoms. The maximum Gasteiger partial charge on any atom is 0.331 e. The number of hydrogen-bond acceptors (Lipinski definition) is 2. The second kappa shape index (κ2) is 9.27. The first kappa shape index (κ1) is 13.7. The molecule has 0 atom stereocenters. The molecular weight excluding hydrogens is 260 g/mol. The van der Waals surface area contributed by atoms with Crippen LogP contribution in [0.3, 0.4) is 0 Å². The Labute approximate surface area is 97.5 Å². The van der Waals surface area contributed by atoms with Gasteiger partial charge in [-0.25, -0.2) is 4.79 Å². The molecule has 0 saturated heterocycles. The van der Waals surface area contributed by atoms with E-state index in [2.05, 4.69) is 32.8 Å².